The fraction of sp³-hybridized carbons (Fsp3) is 0.750. The van der Waals surface area contributed by atoms with Crippen LogP contribution in [0.1, 0.15) is 94.6 Å². The van der Waals surface area contributed by atoms with Gasteiger partial charge in [0.15, 0.2) is 0 Å². The Hall–Kier alpha value is -0.890. The van der Waals surface area contributed by atoms with Gasteiger partial charge in [-0.1, -0.05) is 64.0 Å². The average molecular weight is 361 g/mol. The van der Waals surface area contributed by atoms with Crippen molar-refractivity contribution in [2.24, 2.45) is 17.8 Å². The van der Waals surface area contributed by atoms with E-state index in [0.29, 0.717) is 17.9 Å². The van der Waals surface area contributed by atoms with Crippen LogP contribution in [0.25, 0.3) is 0 Å². The lowest BCUT2D eigenvalue weighted by molar-refractivity contribution is 0.227. The highest BCUT2D eigenvalue weighted by molar-refractivity contribution is 5.27. The maximum Gasteiger partial charge on any atom is 0.126 e. The molecule has 0 radical (unpaired) electrons. The molecule has 2 heteroatoms. The Morgan fingerprint density at radius 2 is 1.46 bits per heavy atom. The molecule has 2 saturated carbocycles. The summed E-state index contributed by atoms with van der Waals surface area (Å²) in [5, 5.41) is 8.99. The summed E-state index contributed by atoms with van der Waals surface area (Å²) in [4.78, 5) is 0. The molecule has 0 atom stereocenters. The SMILES string of the molecule is CCC1CCC(CCC2CCC(c3ccc(CCO)c(F)c3)CC2)CC1. The molecule has 3 rings (SSSR count). The van der Waals surface area contributed by atoms with Crippen LogP contribution in [0.4, 0.5) is 4.39 Å². The molecule has 2 fully saturated rings. The van der Waals surface area contributed by atoms with E-state index in [1.54, 1.807) is 6.07 Å². The van der Waals surface area contributed by atoms with E-state index in [9.17, 15) is 4.39 Å². The molecule has 2 aliphatic carbocycles. The smallest absolute Gasteiger partial charge is 0.126 e. The van der Waals surface area contributed by atoms with E-state index in [1.165, 1.54) is 76.2 Å². The van der Waals surface area contributed by atoms with E-state index in [1.807, 2.05) is 6.07 Å². The van der Waals surface area contributed by atoms with Crippen LogP contribution in [0, 0.1) is 23.6 Å². The van der Waals surface area contributed by atoms with Gasteiger partial charge >= 0.3 is 0 Å². The molecule has 26 heavy (non-hydrogen) atoms. The summed E-state index contributed by atoms with van der Waals surface area (Å²) in [5.74, 6) is 3.29. The summed E-state index contributed by atoms with van der Waals surface area (Å²) < 4.78 is 14.1. The molecular weight excluding hydrogens is 323 g/mol. The third kappa shape index (κ3) is 5.31. The highest BCUT2D eigenvalue weighted by Gasteiger charge is 2.25. The summed E-state index contributed by atoms with van der Waals surface area (Å²) >= 11 is 0. The Balaban J connectivity index is 1.41. The lowest BCUT2D eigenvalue weighted by Crippen LogP contribution is -2.17. The van der Waals surface area contributed by atoms with Gasteiger partial charge in [0.2, 0.25) is 0 Å². The van der Waals surface area contributed by atoms with Crippen LogP contribution in [0.2, 0.25) is 0 Å². The van der Waals surface area contributed by atoms with Crippen molar-refractivity contribution in [1.29, 1.82) is 0 Å². The molecule has 1 N–H and O–H groups in total. The van der Waals surface area contributed by atoms with Gasteiger partial charge < -0.3 is 5.11 Å². The standard InChI is InChI=1S/C24H37FO/c1-2-18-3-5-19(6-4-18)7-8-20-9-11-21(12-10-20)23-14-13-22(15-16-26)24(25)17-23/h13-14,17-21,26H,2-12,15-16H2,1H3. The summed E-state index contributed by atoms with van der Waals surface area (Å²) in [6, 6.07) is 5.69. The van der Waals surface area contributed by atoms with Gasteiger partial charge in [-0.15, -0.1) is 0 Å². The van der Waals surface area contributed by atoms with Crippen LogP contribution in [0.3, 0.4) is 0 Å². The quantitative estimate of drug-likeness (QED) is 0.578. The zero-order valence-corrected chi connectivity index (χ0v) is 16.6. The zero-order chi connectivity index (χ0) is 18.4. The first kappa shape index (κ1) is 19.9. The molecule has 146 valence electrons. The average Bonchev–Trinajstić information content (AvgIpc) is 2.69. The molecule has 2 aliphatic rings. The zero-order valence-electron chi connectivity index (χ0n) is 16.6. The second kappa shape index (κ2) is 9.88. The predicted molar refractivity (Wildman–Crippen MR) is 107 cm³/mol. The van der Waals surface area contributed by atoms with Gasteiger partial charge in [0.05, 0.1) is 0 Å². The van der Waals surface area contributed by atoms with E-state index in [-0.39, 0.29) is 12.4 Å². The minimum Gasteiger partial charge on any atom is -0.396 e. The molecule has 1 aromatic carbocycles. The maximum absolute atomic E-state index is 14.1. The first-order valence-corrected chi connectivity index (χ1v) is 11.1. The van der Waals surface area contributed by atoms with Crippen LogP contribution in [-0.4, -0.2) is 11.7 Å². The van der Waals surface area contributed by atoms with Crippen LogP contribution in [0.15, 0.2) is 18.2 Å². The van der Waals surface area contributed by atoms with Crippen molar-refractivity contribution in [3.63, 3.8) is 0 Å². The molecule has 1 aromatic rings. The number of halogens is 1. The third-order valence-electron chi connectivity index (χ3n) is 7.30. The summed E-state index contributed by atoms with van der Waals surface area (Å²) in [6.45, 7) is 2.36. The molecule has 1 nitrogen and oxygen atoms in total. The lowest BCUT2D eigenvalue weighted by Gasteiger charge is -2.32. The van der Waals surface area contributed by atoms with Crippen molar-refractivity contribution in [1.82, 2.24) is 0 Å². The van der Waals surface area contributed by atoms with E-state index < -0.39 is 0 Å². The monoisotopic (exact) mass is 360 g/mol. The van der Waals surface area contributed by atoms with Gasteiger partial charge in [0, 0.05) is 6.61 Å². The van der Waals surface area contributed by atoms with Gasteiger partial charge in [-0.05, 0) is 73.0 Å². The van der Waals surface area contributed by atoms with E-state index in [0.717, 1.165) is 17.8 Å². The van der Waals surface area contributed by atoms with Crippen LogP contribution < -0.4 is 0 Å². The van der Waals surface area contributed by atoms with Gasteiger partial charge in [0.1, 0.15) is 5.82 Å². The van der Waals surface area contributed by atoms with Crippen molar-refractivity contribution in [2.75, 3.05) is 6.61 Å². The molecule has 0 spiro atoms. The van der Waals surface area contributed by atoms with E-state index >= 15 is 0 Å². The normalized spacial score (nSPS) is 29.7. The van der Waals surface area contributed by atoms with Gasteiger partial charge in [-0.3, -0.25) is 0 Å². The summed E-state index contributed by atoms with van der Waals surface area (Å²) in [6.07, 6.45) is 15.6. The second-order valence-electron chi connectivity index (χ2n) is 8.91. The first-order chi connectivity index (χ1) is 12.7. The number of benzene rings is 1. The number of rotatable bonds is 7. The maximum atomic E-state index is 14.1. The molecule has 0 heterocycles. The molecular formula is C24H37FO. The molecule has 0 bridgehead atoms. The Morgan fingerprint density at radius 1 is 0.885 bits per heavy atom. The summed E-state index contributed by atoms with van der Waals surface area (Å²) in [7, 11) is 0. The van der Waals surface area contributed by atoms with Gasteiger partial charge in [0.25, 0.3) is 0 Å². The molecule has 0 aliphatic heterocycles. The Kier molecular flexibility index (Phi) is 7.54. The molecule has 0 amide bonds. The molecule has 0 aromatic heterocycles. The molecule has 0 unspecified atom stereocenters. The van der Waals surface area contributed by atoms with Crippen molar-refractivity contribution < 1.29 is 9.50 Å². The molecule has 0 saturated heterocycles. The predicted octanol–water partition coefficient (Wildman–Crippen LogP) is 6.63. The Bertz CT molecular complexity index is 539. The first-order valence-electron chi connectivity index (χ1n) is 11.1. The highest BCUT2D eigenvalue weighted by Crippen LogP contribution is 2.40. The van der Waals surface area contributed by atoms with E-state index in [2.05, 4.69) is 13.0 Å². The van der Waals surface area contributed by atoms with Gasteiger partial charge in [-0.2, -0.15) is 0 Å². The topological polar surface area (TPSA) is 20.2 Å². The fourth-order valence-corrected chi connectivity index (χ4v) is 5.32. The lowest BCUT2D eigenvalue weighted by atomic mass is 9.74. The summed E-state index contributed by atoms with van der Waals surface area (Å²) in [5.41, 5.74) is 1.81. The largest absolute Gasteiger partial charge is 0.396 e. The van der Waals surface area contributed by atoms with Crippen molar-refractivity contribution in [3.8, 4) is 0 Å². The van der Waals surface area contributed by atoms with E-state index in [4.69, 9.17) is 5.11 Å². The minimum atomic E-state index is -0.138. The third-order valence-corrected chi connectivity index (χ3v) is 7.30. The number of aliphatic hydroxyl groups is 1. The van der Waals surface area contributed by atoms with Crippen molar-refractivity contribution >= 4 is 0 Å². The van der Waals surface area contributed by atoms with Crippen LogP contribution in [-0.2, 0) is 6.42 Å². The van der Waals surface area contributed by atoms with Crippen LogP contribution in [0.5, 0.6) is 0 Å². The number of hydrogen-bond donors (Lipinski definition) is 1. The number of hydrogen-bond acceptors (Lipinski definition) is 1. The van der Waals surface area contributed by atoms with Crippen LogP contribution >= 0.6 is 0 Å². The fourth-order valence-electron chi connectivity index (χ4n) is 5.32. The minimum absolute atomic E-state index is 0.0153. The van der Waals surface area contributed by atoms with Crippen molar-refractivity contribution in [3.05, 3.63) is 35.1 Å². The second-order valence-corrected chi connectivity index (χ2v) is 8.91. The highest BCUT2D eigenvalue weighted by atomic mass is 19.1. The van der Waals surface area contributed by atoms with Gasteiger partial charge in [-0.25, -0.2) is 4.39 Å². The van der Waals surface area contributed by atoms with Crippen molar-refractivity contribution in [2.45, 2.75) is 89.9 Å². The Morgan fingerprint density at radius 3 is 2.00 bits per heavy atom. The number of aliphatic hydroxyl groups excluding tert-OH is 1. The Labute approximate surface area is 159 Å².